The van der Waals surface area contributed by atoms with Gasteiger partial charge in [-0.25, -0.2) is 9.78 Å². The first kappa shape index (κ1) is 22.6. The van der Waals surface area contributed by atoms with Crippen LogP contribution in [0.15, 0.2) is 78.0 Å². The smallest absolute Gasteiger partial charge is 0.349 e. The van der Waals surface area contributed by atoms with E-state index in [-0.39, 0.29) is 5.75 Å². The molecule has 0 spiro atoms. The maximum atomic E-state index is 12.3. The van der Waals surface area contributed by atoms with Gasteiger partial charge in [0.2, 0.25) is 0 Å². The van der Waals surface area contributed by atoms with E-state index in [0.717, 1.165) is 21.8 Å². The molecule has 0 atom stereocenters. The van der Waals surface area contributed by atoms with Crippen LogP contribution in [-0.4, -0.2) is 33.8 Å². The number of carbonyl (C=O) groups excluding carboxylic acids is 2. The summed E-state index contributed by atoms with van der Waals surface area (Å²) in [5.41, 5.74) is 5.30. The number of hydrogen-bond donors (Lipinski definition) is 0. The van der Waals surface area contributed by atoms with Gasteiger partial charge in [0.05, 0.1) is 23.3 Å². The topological polar surface area (TPSA) is 70.4 Å². The van der Waals surface area contributed by atoms with E-state index >= 15 is 0 Å². The number of thioether (sulfide) groups is 1. The number of nitrogens with zero attached hydrogens (tertiary/aromatic N) is 2. The highest BCUT2D eigenvalue weighted by atomic mass is 32.2. The van der Waals surface area contributed by atoms with E-state index < -0.39 is 18.5 Å². The summed E-state index contributed by atoms with van der Waals surface area (Å²) in [7, 11) is 0. The number of esters is 2. The van der Waals surface area contributed by atoms with Gasteiger partial charge in [-0.2, -0.15) is 0 Å². The normalized spacial score (nSPS) is 10.8. The van der Waals surface area contributed by atoms with Crippen LogP contribution in [0.1, 0.15) is 16.7 Å². The highest BCUT2D eigenvalue weighted by Crippen LogP contribution is 2.26. The lowest BCUT2D eigenvalue weighted by Gasteiger charge is -2.11. The third-order valence-corrected chi connectivity index (χ3v) is 6.08. The number of aryl methyl sites for hydroxylation is 2. The van der Waals surface area contributed by atoms with Crippen LogP contribution in [0, 0.1) is 13.8 Å². The van der Waals surface area contributed by atoms with E-state index in [2.05, 4.69) is 23.6 Å². The van der Waals surface area contributed by atoms with E-state index in [1.54, 1.807) is 12.1 Å². The summed E-state index contributed by atoms with van der Waals surface area (Å²) < 4.78 is 12.4. The van der Waals surface area contributed by atoms with Gasteiger partial charge in [0.15, 0.2) is 11.8 Å². The second kappa shape index (κ2) is 10.4. The fourth-order valence-corrected chi connectivity index (χ4v) is 4.16. The monoisotopic (exact) mass is 460 g/mol. The Morgan fingerprint density at radius 3 is 2.42 bits per heavy atom. The molecular weight excluding hydrogens is 436 g/mol. The highest BCUT2D eigenvalue weighted by Gasteiger charge is 2.16. The van der Waals surface area contributed by atoms with Crippen LogP contribution in [0.4, 0.5) is 0 Å². The molecule has 4 rings (SSSR count). The lowest BCUT2D eigenvalue weighted by atomic mass is 10.1. The Hall–Kier alpha value is -3.58. The van der Waals surface area contributed by atoms with Gasteiger partial charge in [0.1, 0.15) is 5.75 Å². The first-order valence-electron chi connectivity index (χ1n) is 10.5. The number of carbonyl (C=O) groups is 2. The number of imidazole rings is 1. The minimum absolute atomic E-state index is 0.0366. The lowest BCUT2D eigenvalue weighted by molar-refractivity contribution is -0.151. The molecule has 4 aromatic rings. The molecule has 0 amide bonds. The standard InChI is InChI=1S/C26H24N2O4S/c1-18-11-13-21(14-12-18)32-24(29)16-31-25(30)17-33-26-27-22-9-5-6-10-23(22)28(26)15-20-8-4-3-7-19(20)2/h3-14H,15-17H2,1-2H3. The fraction of sp³-hybridized carbons (Fsp3) is 0.192. The predicted octanol–water partition coefficient (Wildman–Crippen LogP) is 4.94. The van der Waals surface area contributed by atoms with Crippen molar-refractivity contribution in [2.75, 3.05) is 12.4 Å². The molecule has 0 saturated carbocycles. The van der Waals surface area contributed by atoms with E-state index in [4.69, 9.17) is 14.5 Å². The van der Waals surface area contributed by atoms with Crippen LogP contribution in [-0.2, 0) is 20.9 Å². The van der Waals surface area contributed by atoms with Crippen molar-refractivity contribution < 1.29 is 19.1 Å². The SMILES string of the molecule is Cc1ccc(OC(=O)COC(=O)CSc2nc3ccccc3n2Cc2ccccc2C)cc1. The Labute approximate surface area is 196 Å². The molecule has 0 saturated heterocycles. The zero-order chi connectivity index (χ0) is 23.2. The Morgan fingerprint density at radius 2 is 1.64 bits per heavy atom. The second-order valence-electron chi connectivity index (χ2n) is 7.63. The Morgan fingerprint density at radius 1 is 0.909 bits per heavy atom. The fourth-order valence-electron chi connectivity index (χ4n) is 3.35. The predicted molar refractivity (Wildman–Crippen MR) is 129 cm³/mol. The van der Waals surface area contributed by atoms with Crippen molar-refractivity contribution in [3.05, 3.63) is 89.5 Å². The van der Waals surface area contributed by atoms with E-state index in [1.807, 2.05) is 55.5 Å². The zero-order valence-corrected chi connectivity index (χ0v) is 19.3. The number of benzene rings is 3. The van der Waals surface area contributed by atoms with Crippen LogP contribution < -0.4 is 4.74 Å². The van der Waals surface area contributed by atoms with Crippen molar-refractivity contribution in [3.63, 3.8) is 0 Å². The molecule has 0 fully saturated rings. The molecule has 33 heavy (non-hydrogen) atoms. The van der Waals surface area contributed by atoms with Crippen LogP contribution in [0.25, 0.3) is 11.0 Å². The molecule has 7 heteroatoms. The molecule has 0 unspecified atom stereocenters. The van der Waals surface area contributed by atoms with Crippen LogP contribution in [0.2, 0.25) is 0 Å². The van der Waals surface area contributed by atoms with Crippen molar-refractivity contribution in [3.8, 4) is 5.75 Å². The molecular formula is C26H24N2O4S. The lowest BCUT2D eigenvalue weighted by Crippen LogP contribution is -2.19. The first-order chi connectivity index (χ1) is 16.0. The maximum Gasteiger partial charge on any atom is 0.349 e. The van der Waals surface area contributed by atoms with Gasteiger partial charge in [0.25, 0.3) is 0 Å². The third-order valence-electron chi connectivity index (χ3n) is 5.13. The quantitative estimate of drug-likeness (QED) is 0.211. The molecule has 0 N–H and O–H groups in total. The first-order valence-corrected chi connectivity index (χ1v) is 11.5. The van der Waals surface area contributed by atoms with Gasteiger partial charge < -0.3 is 14.0 Å². The van der Waals surface area contributed by atoms with Gasteiger partial charge in [-0.3, -0.25) is 4.79 Å². The summed E-state index contributed by atoms with van der Waals surface area (Å²) in [6.07, 6.45) is 0. The Balaban J connectivity index is 1.38. The Kier molecular flexibility index (Phi) is 7.10. The van der Waals surface area contributed by atoms with Crippen LogP contribution >= 0.6 is 11.8 Å². The molecule has 0 radical (unpaired) electrons. The average molecular weight is 461 g/mol. The van der Waals surface area contributed by atoms with Crippen molar-refractivity contribution >= 4 is 34.7 Å². The van der Waals surface area contributed by atoms with E-state index in [9.17, 15) is 9.59 Å². The summed E-state index contributed by atoms with van der Waals surface area (Å²) in [6.45, 7) is 4.23. The number of para-hydroxylation sites is 2. The zero-order valence-electron chi connectivity index (χ0n) is 18.5. The summed E-state index contributed by atoms with van der Waals surface area (Å²) >= 11 is 1.29. The van der Waals surface area contributed by atoms with E-state index in [1.165, 1.54) is 22.9 Å². The largest absolute Gasteiger partial charge is 0.453 e. The molecule has 1 aromatic heterocycles. The summed E-state index contributed by atoms with van der Waals surface area (Å²) in [5, 5.41) is 0.721. The van der Waals surface area contributed by atoms with Gasteiger partial charge >= 0.3 is 11.9 Å². The van der Waals surface area contributed by atoms with Gasteiger partial charge in [-0.05, 0) is 49.2 Å². The molecule has 3 aromatic carbocycles. The van der Waals surface area contributed by atoms with Crippen molar-refractivity contribution in [1.82, 2.24) is 9.55 Å². The van der Waals surface area contributed by atoms with Crippen molar-refractivity contribution in [2.45, 2.75) is 25.5 Å². The molecule has 0 bridgehead atoms. The van der Waals surface area contributed by atoms with Gasteiger partial charge in [0, 0.05) is 0 Å². The Bertz CT molecular complexity index is 1280. The molecule has 168 valence electrons. The minimum atomic E-state index is -0.621. The number of fused-ring (bicyclic) bond motifs is 1. The second-order valence-corrected chi connectivity index (χ2v) is 8.57. The molecule has 6 nitrogen and oxygen atoms in total. The van der Waals surface area contributed by atoms with Crippen molar-refractivity contribution in [2.24, 2.45) is 0 Å². The summed E-state index contributed by atoms with van der Waals surface area (Å²) in [4.78, 5) is 28.9. The van der Waals surface area contributed by atoms with Crippen LogP contribution in [0.3, 0.4) is 0 Å². The highest BCUT2D eigenvalue weighted by molar-refractivity contribution is 7.99. The molecule has 0 aliphatic heterocycles. The number of hydrogen-bond acceptors (Lipinski definition) is 6. The van der Waals surface area contributed by atoms with Gasteiger partial charge in [-0.15, -0.1) is 0 Å². The summed E-state index contributed by atoms with van der Waals surface area (Å²) in [5.74, 6) is -0.671. The van der Waals surface area contributed by atoms with Crippen molar-refractivity contribution in [1.29, 1.82) is 0 Å². The number of ether oxygens (including phenoxy) is 2. The van der Waals surface area contributed by atoms with E-state index in [0.29, 0.717) is 12.3 Å². The summed E-state index contributed by atoms with van der Waals surface area (Å²) in [6, 6.07) is 23.2. The molecule has 0 aliphatic rings. The van der Waals surface area contributed by atoms with Crippen LogP contribution in [0.5, 0.6) is 5.75 Å². The average Bonchev–Trinajstić information content (AvgIpc) is 3.16. The maximum absolute atomic E-state index is 12.3. The molecule has 0 aliphatic carbocycles. The minimum Gasteiger partial charge on any atom is -0.453 e. The van der Waals surface area contributed by atoms with Gasteiger partial charge in [-0.1, -0.05) is 65.9 Å². The third kappa shape index (κ3) is 5.81. The number of aromatic nitrogens is 2. The molecule has 1 heterocycles. The number of rotatable bonds is 8.